The second kappa shape index (κ2) is 6.55. The van der Waals surface area contributed by atoms with Crippen LogP contribution in [0.2, 0.25) is 10.0 Å². The van der Waals surface area contributed by atoms with E-state index in [2.05, 4.69) is 5.32 Å². The molecular formula is C13H17Cl2FN2O. The average molecular weight is 307 g/mol. The fraction of sp³-hybridized carbons (Fsp3) is 0.462. The van der Waals surface area contributed by atoms with Crippen LogP contribution in [0.25, 0.3) is 0 Å². The van der Waals surface area contributed by atoms with E-state index in [4.69, 9.17) is 28.9 Å². The molecule has 0 radical (unpaired) electrons. The second-order valence-corrected chi connectivity index (χ2v) is 5.54. The lowest BCUT2D eigenvalue weighted by Gasteiger charge is -2.21. The van der Waals surface area contributed by atoms with Gasteiger partial charge in [0, 0.05) is 10.6 Å². The first-order valence-corrected chi connectivity index (χ1v) is 6.70. The minimum atomic E-state index is -0.631. The molecule has 1 aromatic carbocycles. The van der Waals surface area contributed by atoms with E-state index >= 15 is 0 Å². The topological polar surface area (TPSA) is 55.1 Å². The van der Waals surface area contributed by atoms with Crippen molar-refractivity contribution in [2.75, 3.05) is 0 Å². The van der Waals surface area contributed by atoms with Gasteiger partial charge in [0.15, 0.2) is 0 Å². The van der Waals surface area contributed by atoms with E-state index in [1.807, 2.05) is 13.8 Å². The molecule has 1 aromatic rings. The van der Waals surface area contributed by atoms with Gasteiger partial charge in [-0.05, 0) is 25.0 Å². The van der Waals surface area contributed by atoms with Gasteiger partial charge >= 0.3 is 0 Å². The highest BCUT2D eigenvalue weighted by Crippen LogP contribution is 2.32. The van der Waals surface area contributed by atoms with Crippen molar-refractivity contribution < 1.29 is 9.18 Å². The minimum absolute atomic E-state index is 0.00523. The lowest BCUT2D eigenvalue weighted by atomic mass is 10.0. The Bertz CT molecular complexity index is 480. The predicted molar refractivity (Wildman–Crippen MR) is 75.8 cm³/mol. The number of amides is 1. The van der Waals surface area contributed by atoms with Crippen LogP contribution in [0.3, 0.4) is 0 Å². The minimum Gasteiger partial charge on any atom is -0.348 e. The summed E-state index contributed by atoms with van der Waals surface area (Å²) >= 11 is 11.9. The number of hydrogen-bond acceptors (Lipinski definition) is 2. The summed E-state index contributed by atoms with van der Waals surface area (Å²) in [5.41, 5.74) is 6.09. The molecule has 0 aromatic heterocycles. The molecule has 3 N–H and O–H groups in total. The quantitative estimate of drug-likeness (QED) is 0.839. The Balaban J connectivity index is 2.93. The van der Waals surface area contributed by atoms with Crippen LogP contribution >= 0.6 is 23.2 Å². The van der Waals surface area contributed by atoms with E-state index in [0.29, 0.717) is 10.6 Å². The molecule has 0 bridgehead atoms. The monoisotopic (exact) mass is 306 g/mol. The SMILES string of the molecule is CC(NC(=O)[C@@H](N)C(C)C)c1c(Cl)ccc(F)c1Cl. The van der Waals surface area contributed by atoms with E-state index in [1.54, 1.807) is 6.92 Å². The molecule has 1 rings (SSSR count). The van der Waals surface area contributed by atoms with Crippen LogP contribution < -0.4 is 11.1 Å². The maximum absolute atomic E-state index is 13.4. The standard InChI is InChI=1S/C13H17Cl2FN2O/c1-6(2)12(17)13(19)18-7(3)10-8(14)4-5-9(16)11(10)15/h4-7,12H,17H2,1-3H3,(H,18,19)/t7?,12-/m0/s1. The van der Waals surface area contributed by atoms with E-state index in [1.165, 1.54) is 12.1 Å². The lowest BCUT2D eigenvalue weighted by Crippen LogP contribution is -2.44. The van der Waals surface area contributed by atoms with Gasteiger partial charge in [0.05, 0.1) is 17.1 Å². The number of carbonyl (C=O) groups excluding carboxylic acids is 1. The Hall–Kier alpha value is -0.840. The van der Waals surface area contributed by atoms with Crippen molar-refractivity contribution in [3.8, 4) is 0 Å². The van der Waals surface area contributed by atoms with Crippen LogP contribution in [-0.4, -0.2) is 11.9 Å². The third-order valence-electron chi connectivity index (χ3n) is 2.89. The molecule has 0 aliphatic carbocycles. The van der Waals surface area contributed by atoms with Crippen molar-refractivity contribution >= 4 is 29.1 Å². The highest BCUT2D eigenvalue weighted by Gasteiger charge is 2.22. The largest absolute Gasteiger partial charge is 0.348 e. The molecule has 0 aliphatic heterocycles. The van der Waals surface area contributed by atoms with Crippen molar-refractivity contribution in [1.82, 2.24) is 5.32 Å². The Morgan fingerprint density at radius 1 is 1.32 bits per heavy atom. The number of benzene rings is 1. The van der Waals surface area contributed by atoms with Gasteiger partial charge < -0.3 is 11.1 Å². The summed E-state index contributed by atoms with van der Waals surface area (Å²) in [6, 6.07) is 1.44. The van der Waals surface area contributed by atoms with Crippen LogP contribution in [0.4, 0.5) is 4.39 Å². The molecular weight excluding hydrogens is 290 g/mol. The molecule has 106 valence electrons. The smallest absolute Gasteiger partial charge is 0.237 e. The number of nitrogens with two attached hydrogens (primary N) is 1. The van der Waals surface area contributed by atoms with Crippen molar-refractivity contribution in [3.63, 3.8) is 0 Å². The Kier molecular flexibility index (Phi) is 5.59. The molecule has 0 saturated heterocycles. The second-order valence-electron chi connectivity index (χ2n) is 4.76. The molecule has 1 amide bonds. The van der Waals surface area contributed by atoms with Gasteiger partial charge in [0.2, 0.25) is 5.91 Å². The van der Waals surface area contributed by atoms with Crippen LogP contribution in [0.5, 0.6) is 0 Å². The fourth-order valence-corrected chi connectivity index (χ4v) is 2.32. The van der Waals surface area contributed by atoms with E-state index in [9.17, 15) is 9.18 Å². The van der Waals surface area contributed by atoms with Crippen LogP contribution in [-0.2, 0) is 4.79 Å². The lowest BCUT2D eigenvalue weighted by molar-refractivity contribution is -0.123. The number of hydrogen-bond donors (Lipinski definition) is 2. The van der Waals surface area contributed by atoms with E-state index in [0.717, 1.165) is 0 Å². The van der Waals surface area contributed by atoms with Gasteiger partial charge in [0.25, 0.3) is 0 Å². The normalized spacial score (nSPS) is 14.3. The van der Waals surface area contributed by atoms with Gasteiger partial charge in [-0.2, -0.15) is 0 Å². The van der Waals surface area contributed by atoms with Gasteiger partial charge in [-0.1, -0.05) is 37.0 Å². The van der Waals surface area contributed by atoms with E-state index in [-0.39, 0.29) is 16.8 Å². The number of halogens is 3. The maximum atomic E-state index is 13.4. The Labute approximate surface area is 122 Å². The summed E-state index contributed by atoms with van der Waals surface area (Å²) in [4.78, 5) is 11.9. The number of rotatable bonds is 4. The van der Waals surface area contributed by atoms with Crippen LogP contribution in [0.15, 0.2) is 12.1 Å². The summed E-state index contributed by atoms with van der Waals surface area (Å²) in [6.07, 6.45) is 0. The van der Waals surface area contributed by atoms with E-state index < -0.39 is 17.9 Å². The summed E-state index contributed by atoms with van der Waals surface area (Å²) in [5, 5.41) is 2.90. The van der Waals surface area contributed by atoms with Gasteiger partial charge in [0.1, 0.15) is 5.82 Å². The molecule has 0 heterocycles. The molecule has 19 heavy (non-hydrogen) atoms. The highest BCUT2D eigenvalue weighted by molar-refractivity contribution is 6.36. The van der Waals surface area contributed by atoms with Crippen LogP contribution in [0, 0.1) is 11.7 Å². The first kappa shape index (κ1) is 16.2. The Morgan fingerprint density at radius 2 is 1.89 bits per heavy atom. The zero-order valence-electron chi connectivity index (χ0n) is 11.0. The molecule has 3 nitrogen and oxygen atoms in total. The average Bonchev–Trinajstić information content (AvgIpc) is 2.33. The molecule has 1 unspecified atom stereocenters. The molecule has 0 aliphatic rings. The van der Waals surface area contributed by atoms with Crippen molar-refractivity contribution in [1.29, 1.82) is 0 Å². The van der Waals surface area contributed by atoms with Crippen molar-refractivity contribution in [2.45, 2.75) is 32.9 Å². The fourth-order valence-electron chi connectivity index (χ4n) is 1.62. The molecule has 0 fully saturated rings. The molecule has 6 heteroatoms. The maximum Gasteiger partial charge on any atom is 0.237 e. The summed E-state index contributed by atoms with van der Waals surface area (Å²) in [6.45, 7) is 5.37. The first-order chi connectivity index (χ1) is 8.75. The van der Waals surface area contributed by atoms with Gasteiger partial charge in [-0.25, -0.2) is 4.39 Å². The first-order valence-electron chi connectivity index (χ1n) is 5.95. The van der Waals surface area contributed by atoms with Crippen molar-refractivity contribution in [2.24, 2.45) is 11.7 Å². The van der Waals surface area contributed by atoms with Crippen molar-refractivity contribution in [3.05, 3.63) is 33.6 Å². The Morgan fingerprint density at radius 3 is 2.42 bits per heavy atom. The summed E-state index contributed by atoms with van der Waals surface area (Å²) in [5.74, 6) is -0.889. The molecule has 2 atom stereocenters. The third-order valence-corrected chi connectivity index (χ3v) is 3.61. The molecule has 0 saturated carbocycles. The van der Waals surface area contributed by atoms with Crippen LogP contribution in [0.1, 0.15) is 32.4 Å². The summed E-state index contributed by atoms with van der Waals surface area (Å²) < 4.78 is 13.4. The van der Waals surface area contributed by atoms with Gasteiger partial charge in [-0.3, -0.25) is 4.79 Å². The summed E-state index contributed by atoms with van der Waals surface area (Å²) in [7, 11) is 0. The highest BCUT2D eigenvalue weighted by atomic mass is 35.5. The predicted octanol–water partition coefficient (Wildman–Crippen LogP) is 3.29. The number of carbonyl (C=O) groups is 1. The zero-order chi connectivity index (χ0) is 14.7. The van der Waals surface area contributed by atoms with Gasteiger partial charge in [-0.15, -0.1) is 0 Å². The number of nitrogens with one attached hydrogen (secondary N) is 1. The molecule has 0 spiro atoms. The zero-order valence-corrected chi connectivity index (χ0v) is 12.5. The third kappa shape index (κ3) is 3.81.